The summed E-state index contributed by atoms with van der Waals surface area (Å²) < 4.78 is 4.66. The monoisotopic (exact) mass is 308 g/mol. The van der Waals surface area contributed by atoms with Crippen molar-refractivity contribution in [1.29, 1.82) is 0 Å². The van der Waals surface area contributed by atoms with Crippen LogP contribution in [0.3, 0.4) is 0 Å². The van der Waals surface area contributed by atoms with Crippen LogP contribution < -0.4 is 5.32 Å². The summed E-state index contributed by atoms with van der Waals surface area (Å²) in [5.74, 6) is -0.787. The van der Waals surface area contributed by atoms with E-state index < -0.39 is 22.8 Å². The average molecular weight is 308 g/mol. The van der Waals surface area contributed by atoms with E-state index in [0.29, 0.717) is 12.0 Å². The van der Waals surface area contributed by atoms with Crippen LogP contribution in [0.1, 0.15) is 25.8 Å². The van der Waals surface area contributed by atoms with Gasteiger partial charge in [-0.2, -0.15) is 0 Å². The van der Waals surface area contributed by atoms with Gasteiger partial charge >= 0.3 is 5.97 Å². The number of rotatable bonds is 7. The number of nitrogens with one attached hydrogen (secondary N) is 1. The number of nitro benzene ring substituents is 1. The topological polar surface area (TPSA) is 98.5 Å². The SMILES string of the molecule is COC(=O)[C@H](CC(C)C)NC(=O)Cc1ccccc1[N+](=O)[O-]. The Morgan fingerprint density at radius 2 is 1.95 bits per heavy atom. The first-order valence-electron chi connectivity index (χ1n) is 6.94. The summed E-state index contributed by atoms with van der Waals surface area (Å²) in [6, 6.07) is 5.28. The van der Waals surface area contributed by atoms with Crippen molar-refractivity contribution in [1.82, 2.24) is 5.32 Å². The van der Waals surface area contributed by atoms with Gasteiger partial charge in [0.25, 0.3) is 5.69 Å². The molecule has 1 atom stereocenters. The van der Waals surface area contributed by atoms with Gasteiger partial charge in [0.2, 0.25) is 5.91 Å². The van der Waals surface area contributed by atoms with E-state index in [-0.39, 0.29) is 18.0 Å². The van der Waals surface area contributed by atoms with Crippen LogP contribution in [-0.2, 0) is 20.7 Å². The van der Waals surface area contributed by atoms with Crippen LogP contribution in [-0.4, -0.2) is 30.0 Å². The normalized spacial score (nSPS) is 11.8. The van der Waals surface area contributed by atoms with Gasteiger partial charge in [0.15, 0.2) is 0 Å². The van der Waals surface area contributed by atoms with Crippen molar-refractivity contribution in [3.8, 4) is 0 Å². The molecule has 0 radical (unpaired) electrons. The Labute approximate surface area is 128 Å². The number of carbonyl (C=O) groups is 2. The second kappa shape index (κ2) is 8.11. The second-order valence-corrected chi connectivity index (χ2v) is 5.34. The van der Waals surface area contributed by atoms with Crippen LogP contribution >= 0.6 is 0 Å². The molecule has 7 heteroatoms. The van der Waals surface area contributed by atoms with E-state index in [0.717, 1.165) is 0 Å². The summed E-state index contributed by atoms with van der Waals surface area (Å²) in [5, 5.41) is 13.5. The molecule has 0 aliphatic carbocycles. The highest BCUT2D eigenvalue weighted by atomic mass is 16.6. The molecule has 0 saturated heterocycles. The number of hydrogen-bond acceptors (Lipinski definition) is 5. The Hall–Kier alpha value is -2.44. The third-order valence-electron chi connectivity index (χ3n) is 3.07. The third kappa shape index (κ3) is 5.16. The summed E-state index contributed by atoms with van der Waals surface area (Å²) in [6.07, 6.45) is 0.276. The van der Waals surface area contributed by atoms with Gasteiger partial charge in [0.05, 0.1) is 18.5 Å². The number of hydrogen-bond donors (Lipinski definition) is 1. The van der Waals surface area contributed by atoms with Crippen LogP contribution in [0.5, 0.6) is 0 Å². The molecular weight excluding hydrogens is 288 g/mol. The zero-order valence-electron chi connectivity index (χ0n) is 12.9. The van der Waals surface area contributed by atoms with Crippen LogP contribution in [0.4, 0.5) is 5.69 Å². The molecule has 1 rings (SSSR count). The number of ether oxygens (including phenoxy) is 1. The number of amides is 1. The van der Waals surface area contributed by atoms with Gasteiger partial charge < -0.3 is 10.1 Å². The van der Waals surface area contributed by atoms with E-state index in [2.05, 4.69) is 10.1 Å². The molecule has 120 valence electrons. The van der Waals surface area contributed by atoms with E-state index in [9.17, 15) is 19.7 Å². The van der Waals surface area contributed by atoms with E-state index in [4.69, 9.17) is 0 Å². The number of esters is 1. The predicted molar refractivity (Wildman–Crippen MR) is 80.2 cm³/mol. The maximum atomic E-state index is 12.1. The number of benzene rings is 1. The van der Waals surface area contributed by atoms with Gasteiger partial charge in [-0.3, -0.25) is 14.9 Å². The zero-order chi connectivity index (χ0) is 16.7. The third-order valence-corrected chi connectivity index (χ3v) is 3.07. The fourth-order valence-electron chi connectivity index (χ4n) is 2.08. The molecule has 0 saturated carbocycles. The Kier molecular flexibility index (Phi) is 6.49. The van der Waals surface area contributed by atoms with E-state index in [1.165, 1.54) is 25.3 Å². The molecule has 0 aliphatic heterocycles. The van der Waals surface area contributed by atoms with Gasteiger partial charge in [-0.15, -0.1) is 0 Å². The lowest BCUT2D eigenvalue weighted by molar-refractivity contribution is -0.385. The van der Waals surface area contributed by atoms with Crippen LogP contribution in [0.2, 0.25) is 0 Å². The van der Waals surface area contributed by atoms with Gasteiger partial charge in [-0.1, -0.05) is 32.0 Å². The molecule has 7 nitrogen and oxygen atoms in total. The molecule has 0 fully saturated rings. The minimum Gasteiger partial charge on any atom is -0.467 e. The Morgan fingerprint density at radius 1 is 1.32 bits per heavy atom. The lowest BCUT2D eigenvalue weighted by Gasteiger charge is -2.18. The number of nitro groups is 1. The van der Waals surface area contributed by atoms with Crippen molar-refractivity contribution in [3.05, 3.63) is 39.9 Å². The molecule has 22 heavy (non-hydrogen) atoms. The number of para-hydroxylation sites is 1. The zero-order valence-corrected chi connectivity index (χ0v) is 12.9. The molecule has 0 bridgehead atoms. The van der Waals surface area contributed by atoms with Crippen molar-refractivity contribution in [3.63, 3.8) is 0 Å². The molecular formula is C15H20N2O5. The summed E-state index contributed by atoms with van der Waals surface area (Å²) >= 11 is 0. The van der Waals surface area contributed by atoms with Crippen molar-refractivity contribution >= 4 is 17.6 Å². The molecule has 1 amide bonds. The van der Waals surface area contributed by atoms with E-state index in [1.54, 1.807) is 6.07 Å². The Balaban J connectivity index is 2.79. The van der Waals surface area contributed by atoms with Crippen molar-refractivity contribution in [2.75, 3.05) is 7.11 Å². The first-order valence-corrected chi connectivity index (χ1v) is 6.94. The highest BCUT2D eigenvalue weighted by Crippen LogP contribution is 2.18. The largest absolute Gasteiger partial charge is 0.467 e. The molecule has 0 aliphatic rings. The number of methoxy groups -OCH3 is 1. The smallest absolute Gasteiger partial charge is 0.328 e. The Bertz CT molecular complexity index is 557. The summed E-state index contributed by atoms with van der Waals surface area (Å²) in [5.41, 5.74) is 0.189. The van der Waals surface area contributed by atoms with Crippen LogP contribution in [0.25, 0.3) is 0 Å². The first-order chi connectivity index (χ1) is 10.3. The summed E-state index contributed by atoms with van der Waals surface area (Å²) in [4.78, 5) is 34.1. The molecule has 0 spiro atoms. The van der Waals surface area contributed by atoms with E-state index in [1.807, 2.05) is 13.8 Å². The lowest BCUT2D eigenvalue weighted by atomic mass is 10.0. The van der Waals surface area contributed by atoms with Crippen molar-refractivity contribution < 1.29 is 19.2 Å². The summed E-state index contributed by atoms with van der Waals surface area (Å²) in [6.45, 7) is 3.84. The lowest BCUT2D eigenvalue weighted by Crippen LogP contribution is -2.43. The van der Waals surface area contributed by atoms with Crippen LogP contribution in [0.15, 0.2) is 24.3 Å². The average Bonchev–Trinajstić information content (AvgIpc) is 2.45. The number of carbonyl (C=O) groups excluding carboxylic acids is 2. The van der Waals surface area contributed by atoms with E-state index >= 15 is 0 Å². The minimum absolute atomic E-state index is 0.115. The predicted octanol–water partition coefficient (Wildman–Crippen LogP) is 1.84. The van der Waals surface area contributed by atoms with Gasteiger partial charge in [0.1, 0.15) is 6.04 Å². The fourth-order valence-corrected chi connectivity index (χ4v) is 2.08. The second-order valence-electron chi connectivity index (χ2n) is 5.34. The van der Waals surface area contributed by atoms with Gasteiger partial charge in [-0.25, -0.2) is 4.79 Å². The quantitative estimate of drug-likeness (QED) is 0.471. The highest BCUT2D eigenvalue weighted by Gasteiger charge is 2.24. The fraction of sp³-hybridized carbons (Fsp3) is 0.467. The maximum Gasteiger partial charge on any atom is 0.328 e. The maximum absolute atomic E-state index is 12.1. The molecule has 0 unspecified atom stereocenters. The van der Waals surface area contributed by atoms with Gasteiger partial charge in [-0.05, 0) is 12.3 Å². The van der Waals surface area contributed by atoms with Crippen LogP contribution in [0, 0.1) is 16.0 Å². The molecule has 1 aromatic rings. The molecule has 1 N–H and O–H groups in total. The number of nitrogens with zero attached hydrogens (tertiary/aromatic N) is 1. The summed E-state index contributed by atoms with van der Waals surface area (Å²) in [7, 11) is 1.25. The minimum atomic E-state index is -0.750. The van der Waals surface area contributed by atoms with Crippen molar-refractivity contribution in [2.24, 2.45) is 5.92 Å². The Morgan fingerprint density at radius 3 is 2.50 bits per heavy atom. The standard InChI is InChI=1S/C15H20N2O5/c1-10(2)8-12(15(19)22-3)16-14(18)9-11-6-4-5-7-13(11)17(20)21/h4-7,10,12H,8-9H2,1-3H3,(H,16,18)/t12-/m0/s1. The van der Waals surface area contributed by atoms with Crippen molar-refractivity contribution in [2.45, 2.75) is 32.7 Å². The highest BCUT2D eigenvalue weighted by molar-refractivity contribution is 5.86. The first kappa shape index (κ1) is 17.6. The van der Waals surface area contributed by atoms with Gasteiger partial charge in [0, 0.05) is 11.6 Å². The molecule has 0 aromatic heterocycles. The molecule has 0 heterocycles. The molecule has 1 aromatic carbocycles.